The highest BCUT2D eigenvalue weighted by molar-refractivity contribution is 7.92. The lowest BCUT2D eigenvalue weighted by Crippen LogP contribution is -2.15. The molecule has 0 atom stereocenters. The molecule has 3 aromatic rings. The van der Waals surface area contributed by atoms with Gasteiger partial charge in [-0.05, 0) is 36.4 Å². The maximum atomic E-state index is 13.2. The fourth-order valence-corrected chi connectivity index (χ4v) is 3.26. The number of benzene rings is 2. The number of rotatable bonds is 5. The number of amides is 1. The normalized spacial score (nSPS) is 11.0. The van der Waals surface area contributed by atoms with Crippen LogP contribution in [0.5, 0.6) is 0 Å². The summed E-state index contributed by atoms with van der Waals surface area (Å²) in [7, 11) is -3.79. The summed E-state index contributed by atoms with van der Waals surface area (Å²) in [5.74, 6) is -1.02. The molecule has 0 aliphatic rings. The van der Waals surface area contributed by atoms with Crippen molar-refractivity contribution in [3.63, 3.8) is 0 Å². The van der Waals surface area contributed by atoms with E-state index in [0.717, 1.165) is 0 Å². The van der Waals surface area contributed by atoms with E-state index in [2.05, 4.69) is 15.0 Å². The average Bonchev–Trinajstić information content (AvgIpc) is 2.62. The number of sulfonamides is 1. The highest BCUT2D eigenvalue weighted by Crippen LogP contribution is 2.17. The van der Waals surface area contributed by atoms with Crippen LogP contribution in [0.1, 0.15) is 10.4 Å². The lowest BCUT2D eigenvalue weighted by molar-refractivity contribution is 0.102. The monoisotopic (exact) mass is 371 g/mol. The summed E-state index contributed by atoms with van der Waals surface area (Å²) >= 11 is 0. The van der Waals surface area contributed by atoms with E-state index in [1.54, 1.807) is 18.2 Å². The molecule has 132 valence electrons. The molecular formula is C18H14FN3O3S. The van der Waals surface area contributed by atoms with Gasteiger partial charge in [0.25, 0.3) is 15.9 Å². The lowest BCUT2D eigenvalue weighted by atomic mass is 10.2. The number of carbonyl (C=O) groups is 1. The Morgan fingerprint density at radius 2 is 1.69 bits per heavy atom. The first-order valence-electron chi connectivity index (χ1n) is 7.54. The highest BCUT2D eigenvalue weighted by Gasteiger charge is 2.15. The Kier molecular flexibility index (Phi) is 4.94. The van der Waals surface area contributed by atoms with Crippen molar-refractivity contribution >= 4 is 27.3 Å². The number of anilines is 2. The van der Waals surface area contributed by atoms with E-state index in [4.69, 9.17) is 0 Å². The van der Waals surface area contributed by atoms with Crippen LogP contribution in [-0.2, 0) is 10.0 Å². The van der Waals surface area contributed by atoms with Gasteiger partial charge in [-0.25, -0.2) is 12.8 Å². The summed E-state index contributed by atoms with van der Waals surface area (Å²) in [5.41, 5.74) is 0.550. The molecule has 8 heteroatoms. The third kappa shape index (κ3) is 4.22. The first kappa shape index (κ1) is 17.6. The van der Waals surface area contributed by atoms with Gasteiger partial charge in [-0.3, -0.25) is 14.5 Å². The molecule has 0 unspecified atom stereocenters. The maximum absolute atomic E-state index is 13.2. The molecule has 0 radical (unpaired) electrons. The van der Waals surface area contributed by atoms with Gasteiger partial charge in [0.2, 0.25) is 0 Å². The van der Waals surface area contributed by atoms with Crippen LogP contribution < -0.4 is 10.0 Å². The van der Waals surface area contributed by atoms with E-state index in [1.807, 2.05) is 0 Å². The minimum Gasteiger partial charge on any atom is -0.322 e. The van der Waals surface area contributed by atoms with Crippen molar-refractivity contribution in [2.24, 2.45) is 0 Å². The minimum atomic E-state index is -3.79. The number of halogens is 1. The Hall–Kier alpha value is -3.26. The first-order valence-corrected chi connectivity index (χ1v) is 9.02. The molecular weight excluding hydrogens is 357 g/mol. The molecule has 2 aromatic carbocycles. The molecule has 0 fully saturated rings. The van der Waals surface area contributed by atoms with E-state index in [0.29, 0.717) is 0 Å². The van der Waals surface area contributed by atoms with Crippen molar-refractivity contribution in [2.75, 3.05) is 10.0 Å². The van der Waals surface area contributed by atoms with Crippen molar-refractivity contribution in [1.82, 2.24) is 4.98 Å². The number of carbonyl (C=O) groups excluding carboxylic acids is 1. The van der Waals surface area contributed by atoms with Crippen LogP contribution in [0.25, 0.3) is 0 Å². The maximum Gasteiger partial charge on any atom is 0.261 e. The van der Waals surface area contributed by atoms with Crippen LogP contribution in [-0.4, -0.2) is 19.3 Å². The summed E-state index contributed by atoms with van der Waals surface area (Å²) in [4.78, 5) is 16.2. The van der Waals surface area contributed by atoms with Gasteiger partial charge >= 0.3 is 0 Å². The second-order valence-electron chi connectivity index (χ2n) is 5.35. The van der Waals surface area contributed by atoms with Gasteiger partial charge < -0.3 is 5.32 Å². The zero-order valence-corrected chi connectivity index (χ0v) is 14.2. The Morgan fingerprint density at radius 1 is 0.923 bits per heavy atom. The number of aromatic nitrogens is 1. The first-order chi connectivity index (χ1) is 12.4. The van der Waals surface area contributed by atoms with E-state index in [1.165, 1.54) is 54.9 Å². The van der Waals surface area contributed by atoms with Crippen LogP contribution in [0.4, 0.5) is 15.8 Å². The third-order valence-corrected chi connectivity index (χ3v) is 4.79. The van der Waals surface area contributed by atoms with Crippen molar-refractivity contribution < 1.29 is 17.6 Å². The average molecular weight is 371 g/mol. The third-order valence-electron chi connectivity index (χ3n) is 3.39. The largest absolute Gasteiger partial charge is 0.322 e. The van der Waals surface area contributed by atoms with Gasteiger partial charge in [0.05, 0.1) is 22.3 Å². The van der Waals surface area contributed by atoms with Gasteiger partial charge in [-0.2, -0.15) is 0 Å². The predicted octanol–water partition coefficient (Wildman–Crippen LogP) is 3.27. The summed E-state index contributed by atoms with van der Waals surface area (Å²) in [6.45, 7) is 0. The Morgan fingerprint density at radius 3 is 2.42 bits per heavy atom. The number of pyridine rings is 1. The van der Waals surface area contributed by atoms with Crippen LogP contribution in [0.3, 0.4) is 0 Å². The zero-order valence-electron chi connectivity index (χ0n) is 13.4. The van der Waals surface area contributed by atoms with E-state index < -0.39 is 21.7 Å². The molecule has 1 aromatic heterocycles. The number of hydrogen-bond acceptors (Lipinski definition) is 4. The lowest BCUT2D eigenvalue weighted by Gasteiger charge is -2.09. The second kappa shape index (κ2) is 7.32. The second-order valence-corrected chi connectivity index (χ2v) is 7.03. The van der Waals surface area contributed by atoms with Crippen LogP contribution in [0.2, 0.25) is 0 Å². The van der Waals surface area contributed by atoms with E-state index in [-0.39, 0.29) is 21.8 Å². The summed E-state index contributed by atoms with van der Waals surface area (Å²) in [6, 6.07) is 14.6. The molecule has 0 bridgehead atoms. The number of nitrogens with zero attached hydrogens (tertiary/aromatic N) is 1. The Bertz CT molecular complexity index is 1040. The molecule has 26 heavy (non-hydrogen) atoms. The Labute approximate surface area is 149 Å². The smallest absolute Gasteiger partial charge is 0.261 e. The molecule has 3 rings (SSSR count). The summed E-state index contributed by atoms with van der Waals surface area (Å²) < 4.78 is 40.2. The Balaban J connectivity index is 1.79. The molecule has 0 saturated heterocycles. The highest BCUT2D eigenvalue weighted by atomic mass is 32.2. The fraction of sp³-hybridized carbons (Fsp3) is 0. The molecule has 0 aliphatic heterocycles. The van der Waals surface area contributed by atoms with Crippen LogP contribution >= 0.6 is 0 Å². The van der Waals surface area contributed by atoms with E-state index >= 15 is 0 Å². The molecule has 6 nitrogen and oxygen atoms in total. The number of hydrogen-bond donors (Lipinski definition) is 2. The fourth-order valence-electron chi connectivity index (χ4n) is 2.20. The van der Waals surface area contributed by atoms with Gasteiger partial charge in [-0.1, -0.05) is 24.3 Å². The molecule has 0 saturated carbocycles. The summed E-state index contributed by atoms with van der Waals surface area (Å²) in [6.07, 6.45) is 2.58. The molecule has 0 spiro atoms. The minimum absolute atomic E-state index is 0.0922. The van der Waals surface area contributed by atoms with Gasteiger partial charge in [-0.15, -0.1) is 0 Å². The van der Waals surface area contributed by atoms with Gasteiger partial charge in [0.1, 0.15) is 5.82 Å². The number of nitrogens with one attached hydrogen (secondary N) is 2. The van der Waals surface area contributed by atoms with Gasteiger partial charge in [0.15, 0.2) is 0 Å². The van der Waals surface area contributed by atoms with Crippen LogP contribution in [0, 0.1) is 5.82 Å². The van der Waals surface area contributed by atoms with E-state index in [9.17, 15) is 17.6 Å². The summed E-state index contributed by atoms with van der Waals surface area (Å²) in [5, 5.41) is 2.52. The van der Waals surface area contributed by atoms with Crippen molar-refractivity contribution in [2.45, 2.75) is 4.90 Å². The molecule has 1 heterocycles. The molecule has 2 N–H and O–H groups in total. The SMILES string of the molecule is O=C(Nc1cccc(F)c1)c1cncc(NS(=O)(=O)c2ccccc2)c1. The van der Waals surface area contributed by atoms with Crippen molar-refractivity contribution in [3.8, 4) is 0 Å². The van der Waals surface area contributed by atoms with Crippen LogP contribution in [0.15, 0.2) is 78.0 Å². The molecule has 1 amide bonds. The van der Waals surface area contributed by atoms with Gasteiger partial charge in [0, 0.05) is 11.9 Å². The topological polar surface area (TPSA) is 88.2 Å². The van der Waals surface area contributed by atoms with Crippen molar-refractivity contribution in [3.05, 3.63) is 84.4 Å². The standard InChI is InChI=1S/C18H14FN3O3S/c19-14-5-4-6-15(10-14)21-18(23)13-9-16(12-20-11-13)22-26(24,25)17-7-2-1-3-8-17/h1-12,22H,(H,21,23). The van der Waals surface area contributed by atoms with Crippen molar-refractivity contribution in [1.29, 1.82) is 0 Å². The molecule has 0 aliphatic carbocycles. The quantitative estimate of drug-likeness (QED) is 0.720. The zero-order chi connectivity index (χ0) is 18.6. The predicted molar refractivity (Wildman–Crippen MR) is 95.8 cm³/mol.